The van der Waals surface area contributed by atoms with Gasteiger partial charge in [-0.1, -0.05) is 12.1 Å². The maximum absolute atomic E-state index is 11.0. The van der Waals surface area contributed by atoms with E-state index in [9.17, 15) is 8.42 Å². The lowest BCUT2D eigenvalue weighted by molar-refractivity contribution is 0.607. The molecule has 0 fully saturated rings. The third kappa shape index (κ3) is 3.75. The van der Waals surface area contributed by atoms with Gasteiger partial charge in [-0.3, -0.25) is 4.72 Å². The highest BCUT2D eigenvalue weighted by Crippen LogP contribution is 2.17. The van der Waals surface area contributed by atoms with Crippen molar-refractivity contribution < 1.29 is 8.42 Å². The largest absolute Gasteiger partial charge is 0.284 e. The molecule has 0 saturated carbocycles. The van der Waals surface area contributed by atoms with Crippen LogP contribution in [0.2, 0.25) is 0 Å². The zero-order valence-electron chi connectivity index (χ0n) is 9.06. The summed E-state index contributed by atoms with van der Waals surface area (Å²) in [5.74, 6) is 0. The monoisotopic (exact) mass is 236 g/mol. The van der Waals surface area contributed by atoms with E-state index in [1.54, 1.807) is 24.3 Å². The van der Waals surface area contributed by atoms with Gasteiger partial charge in [-0.2, -0.15) is 5.26 Å². The van der Waals surface area contributed by atoms with Gasteiger partial charge in [0.25, 0.3) is 0 Å². The van der Waals surface area contributed by atoms with Gasteiger partial charge in [0.2, 0.25) is 10.0 Å². The molecule has 0 aliphatic heterocycles. The molecule has 0 atom stereocenters. The fourth-order valence-electron chi connectivity index (χ4n) is 1.20. The maximum atomic E-state index is 11.0. The first kappa shape index (κ1) is 12.3. The Morgan fingerprint density at radius 2 is 1.94 bits per heavy atom. The van der Waals surface area contributed by atoms with Gasteiger partial charge in [0.1, 0.15) is 0 Å². The van der Waals surface area contributed by atoms with Gasteiger partial charge in [0, 0.05) is 11.8 Å². The second-order valence-electron chi connectivity index (χ2n) is 3.41. The number of nitrogens with one attached hydrogen (secondary N) is 1. The minimum absolute atomic E-state index is 0.510. The maximum Gasteiger partial charge on any atom is 0.229 e. The summed E-state index contributed by atoms with van der Waals surface area (Å²) >= 11 is 0. The van der Waals surface area contributed by atoms with Crippen LogP contribution in [-0.4, -0.2) is 14.7 Å². The Hall–Kier alpha value is -1.80. The Morgan fingerprint density at radius 1 is 1.38 bits per heavy atom. The van der Waals surface area contributed by atoms with E-state index in [0.29, 0.717) is 5.69 Å². The normalized spacial score (nSPS) is 11.9. The highest BCUT2D eigenvalue weighted by molar-refractivity contribution is 7.92. The minimum Gasteiger partial charge on any atom is -0.284 e. The van der Waals surface area contributed by atoms with E-state index in [0.717, 1.165) is 17.4 Å². The Balaban J connectivity index is 2.93. The first-order chi connectivity index (χ1) is 7.42. The van der Waals surface area contributed by atoms with Gasteiger partial charge >= 0.3 is 0 Å². The second kappa shape index (κ2) is 4.81. The molecule has 0 aromatic heterocycles. The number of hydrogen-bond acceptors (Lipinski definition) is 3. The summed E-state index contributed by atoms with van der Waals surface area (Å²) in [4.78, 5) is 0. The van der Waals surface area contributed by atoms with E-state index < -0.39 is 10.0 Å². The van der Waals surface area contributed by atoms with Gasteiger partial charge in [0.15, 0.2) is 0 Å². The Morgan fingerprint density at radius 3 is 2.38 bits per heavy atom. The van der Waals surface area contributed by atoms with Gasteiger partial charge in [-0.05, 0) is 30.2 Å². The number of nitriles is 1. The molecule has 0 saturated heterocycles. The molecular formula is C11H12N2O2S. The third-order valence-electron chi connectivity index (χ3n) is 1.92. The molecule has 0 unspecified atom stereocenters. The fraction of sp³-hybridized carbons (Fsp3) is 0.182. The van der Waals surface area contributed by atoms with Crippen molar-refractivity contribution in [3.05, 3.63) is 35.9 Å². The number of benzene rings is 1. The molecule has 1 rings (SSSR count). The highest BCUT2D eigenvalue weighted by atomic mass is 32.2. The average Bonchev–Trinajstić information content (AvgIpc) is 2.16. The van der Waals surface area contributed by atoms with Crippen molar-refractivity contribution in [1.82, 2.24) is 0 Å². The zero-order valence-corrected chi connectivity index (χ0v) is 9.88. The molecule has 84 valence electrons. The molecule has 1 aromatic carbocycles. The molecule has 0 radical (unpaired) electrons. The van der Waals surface area contributed by atoms with E-state index in [1.807, 2.05) is 13.0 Å². The number of rotatable bonds is 3. The molecule has 0 aliphatic rings. The number of anilines is 1. The number of sulfonamides is 1. The van der Waals surface area contributed by atoms with E-state index in [4.69, 9.17) is 5.26 Å². The standard InChI is InChI=1S/C11H12N2O2S/c1-9(7-8-12)10-3-5-11(6-4-10)13-16(2,14)15/h3-7,13H,1-2H3/b9-7+. The topological polar surface area (TPSA) is 70.0 Å². The third-order valence-corrected chi connectivity index (χ3v) is 2.53. The Kier molecular flexibility index (Phi) is 3.69. The molecule has 1 N–H and O–H groups in total. The quantitative estimate of drug-likeness (QED) is 0.816. The molecule has 0 heterocycles. The van der Waals surface area contributed by atoms with Crippen molar-refractivity contribution in [1.29, 1.82) is 5.26 Å². The number of nitrogens with zero attached hydrogens (tertiary/aromatic N) is 1. The first-order valence-electron chi connectivity index (χ1n) is 4.57. The lowest BCUT2D eigenvalue weighted by Gasteiger charge is -2.05. The van der Waals surface area contributed by atoms with E-state index in [-0.39, 0.29) is 0 Å². The van der Waals surface area contributed by atoms with Crippen LogP contribution in [0.3, 0.4) is 0 Å². The van der Waals surface area contributed by atoms with Crippen LogP contribution in [0.15, 0.2) is 30.3 Å². The first-order valence-corrected chi connectivity index (χ1v) is 6.46. The number of hydrogen-bond donors (Lipinski definition) is 1. The summed E-state index contributed by atoms with van der Waals surface area (Å²) in [6, 6.07) is 8.78. The Labute approximate surface area is 95.3 Å². The van der Waals surface area contributed by atoms with Gasteiger partial charge in [-0.25, -0.2) is 8.42 Å². The van der Waals surface area contributed by atoms with Crippen LogP contribution in [-0.2, 0) is 10.0 Å². The SMILES string of the molecule is C/C(=C\C#N)c1ccc(NS(C)(=O)=O)cc1. The minimum atomic E-state index is -3.24. The van der Waals surface area contributed by atoms with Crippen LogP contribution >= 0.6 is 0 Å². The van der Waals surface area contributed by atoms with Crippen molar-refractivity contribution in [3.63, 3.8) is 0 Å². The molecule has 0 amide bonds. The summed E-state index contributed by atoms with van der Waals surface area (Å²) in [5.41, 5.74) is 2.24. The van der Waals surface area contributed by atoms with Crippen molar-refractivity contribution in [3.8, 4) is 6.07 Å². The van der Waals surface area contributed by atoms with E-state index >= 15 is 0 Å². The molecule has 16 heavy (non-hydrogen) atoms. The molecule has 4 nitrogen and oxygen atoms in total. The van der Waals surface area contributed by atoms with Gasteiger partial charge in [0.05, 0.1) is 12.3 Å². The number of allylic oxidation sites excluding steroid dienone is 2. The van der Waals surface area contributed by atoms with Crippen molar-refractivity contribution >= 4 is 21.3 Å². The predicted molar refractivity (Wildman–Crippen MR) is 64.2 cm³/mol. The van der Waals surface area contributed by atoms with Crippen LogP contribution in [0.1, 0.15) is 12.5 Å². The lowest BCUT2D eigenvalue weighted by Crippen LogP contribution is -2.09. The van der Waals surface area contributed by atoms with Gasteiger partial charge < -0.3 is 0 Å². The summed E-state index contributed by atoms with van der Waals surface area (Å²) in [6.45, 7) is 1.82. The van der Waals surface area contributed by atoms with Crippen molar-refractivity contribution in [2.75, 3.05) is 11.0 Å². The van der Waals surface area contributed by atoms with E-state index in [2.05, 4.69) is 4.72 Å². The lowest BCUT2D eigenvalue weighted by atomic mass is 10.1. The molecule has 0 spiro atoms. The summed E-state index contributed by atoms with van der Waals surface area (Å²) in [7, 11) is -3.24. The second-order valence-corrected chi connectivity index (χ2v) is 5.16. The smallest absolute Gasteiger partial charge is 0.229 e. The molecule has 1 aromatic rings. The fourth-order valence-corrected chi connectivity index (χ4v) is 1.76. The van der Waals surface area contributed by atoms with Crippen LogP contribution in [0.4, 0.5) is 5.69 Å². The molecule has 0 bridgehead atoms. The van der Waals surface area contributed by atoms with Crippen molar-refractivity contribution in [2.24, 2.45) is 0 Å². The van der Waals surface area contributed by atoms with Crippen LogP contribution in [0.25, 0.3) is 5.57 Å². The highest BCUT2D eigenvalue weighted by Gasteiger charge is 2.01. The van der Waals surface area contributed by atoms with E-state index in [1.165, 1.54) is 6.08 Å². The summed E-state index contributed by atoms with van der Waals surface area (Å²) < 4.78 is 24.3. The van der Waals surface area contributed by atoms with Crippen LogP contribution in [0.5, 0.6) is 0 Å². The Bertz CT molecular complexity index is 536. The molecule has 0 aliphatic carbocycles. The van der Waals surface area contributed by atoms with Gasteiger partial charge in [-0.15, -0.1) is 0 Å². The molecular weight excluding hydrogens is 224 g/mol. The zero-order chi connectivity index (χ0) is 12.2. The summed E-state index contributed by atoms with van der Waals surface area (Å²) in [6.07, 6.45) is 2.54. The van der Waals surface area contributed by atoms with Crippen LogP contribution < -0.4 is 4.72 Å². The summed E-state index contributed by atoms with van der Waals surface area (Å²) in [5, 5.41) is 8.49. The molecule has 5 heteroatoms. The average molecular weight is 236 g/mol. The van der Waals surface area contributed by atoms with Crippen LogP contribution in [0, 0.1) is 11.3 Å². The predicted octanol–water partition coefficient (Wildman–Crippen LogP) is 1.98. The van der Waals surface area contributed by atoms with Crippen molar-refractivity contribution in [2.45, 2.75) is 6.92 Å².